The van der Waals surface area contributed by atoms with Gasteiger partial charge in [0.2, 0.25) is 5.88 Å². The number of carbonyl (C=O) groups is 2. The zero-order valence-electron chi connectivity index (χ0n) is 24.2. The number of thiocarbonyl (C=S) groups is 1. The van der Waals surface area contributed by atoms with E-state index in [9.17, 15) is 19.5 Å². The highest BCUT2D eigenvalue weighted by atomic mass is 32.1. The predicted molar refractivity (Wildman–Crippen MR) is 171 cm³/mol. The van der Waals surface area contributed by atoms with Gasteiger partial charge in [-0.25, -0.2) is 0 Å². The average molecular weight is 595 g/mol. The average Bonchev–Trinajstić information content (AvgIpc) is 2.97. The first-order valence-corrected chi connectivity index (χ1v) is 14.5. The summed E-state index contributed by atoms with van der Waals surface area (Å²) in [5.74, 6) is -0.999. The Labute approximate surface area is 252 Å². The molecule has 0 saturated carbocycles. The molecule has 1 fully saturated rings. The minimum atomic E-state index is -0.414. The molecule has 3 rings (SSSR count). The third kappa shape index (κ3) is 8.08. The van der Waals surface area contributed by atoms with Crippen LogP contribution in [0.15, 0.2) is 77.2 Å². The van der Waals surface area contributed by atoms with Crippen LogP contribution < -0.4 is 5.56 Å². The van der Waals surface area contributed by atoms with Crippen molar-refractivity contribution < 1.29 is 14.7 Å². The van der Waals surface area contributed by atoms with Crippen LogP contribution in [0.5, 0.6) is 5.88 Å². The molecule has 1 aromatic heterocycles. The van der Waals surface area contributed by atoms with E-state index in [2.05, 4.69) is 31.2 Å². The molecular weight excluding hydrogens is 556 g/mol. The fraction of sp³-hybridized carbons (Fsp3) is 0.323. The Morgan fingerprint density at radius 2 is 1.27 bits per heavy atom. The van der Waals surface area contributed by atoms with E-state index in [0.29, 0.717) is 26.2 Å². The number of rotatable bonds is 9. The quantitative estimate of drug-likeness (QED) is 0.181. The maximum atomic E-state index is 12.6. The van der Waals surface area contributed by atoms with Crippen molar-refractivity contribution in [1.29, 1.82) is 0 Å². The van der Waals surface area contributed by atoms with Gasteiger partial charge in [0.25, 0.3) is 17.4 Å². The van der Waals surface area contributed by atoms with Crippen LogP contribution in [-0.2, 0) is 29.1 Å². The molecule has 10 heteroatoms. The van der Waals surface area contributed by atoms with Crippen molar-refractivity contribution in [1.82, 2.24) is 18.9 Å². The summed E-state index contributed by atoms with van der Waals surface area (Å²) in [4.78, 5) is 40.5. The lowest BCUT2D eigenvalue weighted by molar-refractivity contribution is -0.133. The Morgan fingerprint density at radius 3 is 1.76 bits per heavy atom. The number of amides is 2. The molecule has 1 aliphatic heterocycles. The minimum absolute atomic E-state index is 0.0469. The summed E-state index contributed by atoms with van der Waals surface area (Å²) in [6.45, 7) is 11.0. The highest BCUT2D eigenvalue weighted by Crippen LogP contribution is 2.18. The number of aromatic nitrogens is 2. The van der Waals surface area contributed by atoms with E-state index in [0.717, 1.165) is 6.42 Å². The lowest BCUT2D eigenvalue weighted by Gasteiger charge is -2.35. The Kier molecular flexibility index (Phi) is 13.3. The van der Waals surface area contributed by atoms with Gasteiger partial charge in [-0.1, -0.05) is 67.6 Å². The SMILES string of the molecule is CCN1C(=O)C(=C/C=C/C=C/C=C/c2c(O)n(CC)c(=S)n(CC)c2=O)C(=O)N(CC)C1=S.CCc1ccccc1. The Balaban J connectivity index is 0.000000629. The summed E-state index contributed by atoms with van der Waals surface area (Å²) in [6, 6.07) is 10.5. The van der Waals surface area contributed by atoms with Crippen LogP contribution in [0, 0.1) is 4.77 Å². The molecule has 8 nitrogen and oxygen atoms in total. The second-order valence-corrected chi connectivity index (χ2v) is 9.47. The van der Waals surface area contributed by atoms with Crippen molar-refractivity contribution in [2.45, 2.75) is 54.1 Å². The minimum Gasteiger partial charge on any atom is -0.494 e. The summed E-state index contributed by atoms with van der Waals surface area (Å²) >= 11 is 10.5. The summed E-state index contributed by atoms with van der Waals surface area (Å²) in [7, 11) is 0. The van der Waals surface area contributed by atoms with Crippen molar-refractivity contribution in [2.75, 3.05) is 13.1 Å². The van der Waals surface area contributed by atoms with Gasteiger partial charge < -0.3 is 5.11 Å². The number of aryl methyl sites for hydroxylation is 1. The summed E-state index contributed by atoms with van der Waals surface area (Å²) in [6.07, 6.45) is 12.3. The number of benzene rings is 1. The number of allylic oxidation sites excluding steroid dienone is 6. The molecule has 2 aromatic rings. The number of nitrogens with zero attached hydrogens (tertiary/aromatic N) is 4. The highest BCUT2D eigenvalue weighted by molar-refractivity contribution is 7.80. The summed E-state index contributed by atoms with van der Waals surface area (Å²) in [5.41, 5.74) is 1.25. The van der Waals surface area contributed by atoms with Crippen molar-refractivity contribution in [3.05, 3.63) is 98.6 Å². The lowest BCUT2D eigenvalue weighted by atomic mass is 10.1. The van der Waals surface area contributed by atoms with Gasteiger partial charge in [0, 0.05) is 26.2 Å². The van der Waals surface area contributed by atoms with Crippen molar-refractivity contribution in [3.8, 4) is 5.88 Å². The third-order valence-electron chi connectivity index (χ3n) is 6.33. The molecule has 218 valence electrons. The van der Waals surface area contributed by atoms with Crippen LogP contribution in [-0.4, -0.2) is 54.1 Å². The van der Waals surface area contributed by atoms with Crippen LogP contribution in [0.3, 0.4) is 0 Å². The molecule has 2 amide bonds. The number of aromatic hydroxyl groups is 1. The molecule has 1 saturated heterocycles. The zero-order chi connectivity index (χ0) is 30.5. The van der Waals surface area contributed by atoms with Gasteiger partial charge in [-0.3, -0.25) is 33.3 Å². The normalized spacial score (nSPS) is 14.0. The van der Waals surface area contributed by atoms with Crippen LogP contribution in [0.25, 0.3) is 6.08 Å². The lowest BCUT2D eigenvalue weighted by Crippen LogP contribution is -2.55. The van der Waals surface area contributed by atoms with E-state index >= 15 is 0 Å². The monoisotopic (exact) mass is 594 g/mol. The van der Waals surface area contributed by atoms with E-state index in [4.69, 9.17) is 24.4 Å². The number of hydrogen-bond acceptors (Lipinski definition) is 6. The van der Waals surface area contributed by atoms with Crippen molar-refractivity contribution >= 4 is 47.4 Å². The van der Waals surface area contributed by atoms with Crippen molar-refractivity contribution in [3.63, 3.8) is 0 Å². The topological polar surface area (TPSA) is 87.8 Å². The molecule has 1 N–H and O–H groups in total. The predicted octanol–water partition coefficient (Wildman–Crippen LogP) is 5.42. The molecule has 1 aliphatic rings. The molecule has 0 radical (unpaired) electrons. The largest absolute Gasteiger partial charge is 0.494 e. The van der Waals surface area contributed by atoms with Crippen LogP contribution in [0.2, 0.25) is 0 Å². The molecule has 2 heterocycles. The van der Waals surface area contributed by atoms with E-state index in [1.165, 1.54) is 36.6 Å². The van der Waals surface area contributed by atoms with Crippen LogP contribution in [0.4, 0.5) is 0 Å². The second kappa shape index (κ2) is 16.4. The van der Waals surface area contributed by atoms with E-state index in [1.807, 2.05) is 19.9 Å². The fourth-order valence-electron chi connectivity index (χ4n) is 4.03. The fourth-order valence-corrected chi connectivity index (χ4v) is 4.88. The first-order chi connectivity index (χ1) is 19.7. The number of hydrogen-bond donors (Lipinski definition) is 1. The smallest absolute Gasteiger partial charge is 0.265 e. The number of likely N-dealkylation sites (N-methyl/N-ethyl adjacent to an activating group) is 2. The molecule has 0 spiro atoms. The molecule has 0 atom stereocenters. The first-order valence-electron chi connectivity index (χ1n) is 13.7. The molecule has 1 aromatic carbocycles. The Hall–Kier alpha value is -3.89. The molecule has 41 heavy (non-hydrogen) atoms. The van der Waals surface area contributed by atoms with Crippen LogP contribution in [0.1, 0.15) is 45.7 Å². The van der Waals surface area contributed by atoms with Gasteiger partial charge >= 0.3 is 0 Å². The first kappa shape index (κ1) is 33.3. The summed E-state index contributed by atoms with van der Waals surface area (Å²) < 4.78 is 3.21. The van der Waals surface area contributed by atoms with Gasteiger partial charge in [-0.15, -0.1) is 0 Å². The molecular formula is C31H38N4O4S2. The highest BCUT2D eigenvalue weighted by Gasteiger charge is 2.37. The van der Waals surface area contributed by atoms with Gasteiger partial charge in [-0.2, -0.15) is 0 Å². The van der Waals surface area contributed by atoms with Crippen molar-refractivity contribution in [2.24, 2.45) is 0 Å². The van der Waals surface area contributed by atoms with E-state index < -0.39 is 11.8 Å². The zero-order valence-corrected chi connectivity index (χ0v) is 25.9. The van der Waals surface area contributed by atoms with Gasteiger partial charge in [0.05, 0.1) is 0 Å². The Bertz CT molecular complexity index is 1460. The summed E-state index contributed by atoms with van der Waals surface area (Å²) in [5, 5.41) is 10.6. The van der Waals surface area contributed by atoms with Gasteiger partial charge in [0.15, 0.2) is 9.88 Å². The maximum Gasteiger partial charge on any atom is 0.265 e. The van der Waals surface area contributed by atoms with Gasteiger partial charge in [-0.05, 0) is 76.3 Å². The number of carbonyl (C=O) groups excluding carboxylic acids is 2. The van der Waals surface area contributed by atoms with E-state index in [1.54, 1.807) is 44.2 Å². The maximum absolute atomic E-state index is 12.6. The Morgan fingerprint density at radius 1 is 0.732 bits per heavy atom. The molecule has 0 unspecified atom stereocenters. The van der Waals surface area contributed by atoms with E-state index in [-0.39, 0.29) is 32.5 Å². The molecule has 0 aliphatic carbocycles. The standard InChI is InChI=1S/C23H28N4O4S2.C8H10/c1-5-24-18(28)16(19(29)25(6-2)22(24)32)14-12-10-9-11-13-15-17-20(30)26(7-3)23(33)27(8-4)21(17)31;1-2-8-6-4-3-5-7-8/h9-15,28H,5-8H2,1-4H3;3-7H,2H2,1H3/b10-9+,13-11+,14-12+;. The third-order valence-corrected chi connectivity index (χ3v) is 7.21. The molecule has 0 bridgehead atoms. The van der Waals surface area contributed by atoms with Crippen LogP contribution >= 0.6 is 24.4 Å². The van der Waals surface area contributed by atoms with Gasteiger partial charge in [0.1, 0.15) is 11.1 Å². The second-order valence-electron chi connectivity index (χ2n) is 8.74.